The number of ether oxygens (including phenoxy) is 4. The molecule has 0 unspecified atom stereocenters. The van der Waals surface area contributed by atoms with Crippen molar-refractivity contribution < 1.29 is 59.8 Å². The number of benzene rings is 4. The second-order valence-electron chi connectivity index (χ2n) is 29.3. The molecule has 0 aromatic heterocycles. The number of fused-ring (bicyclic) bond motifs is 8. The summed E-state index contributed by atoms with van der Waals surface area (Å²) in [4.78, 5) is 8.70. The number of hydrogen-bond donors (Lipinski definition) is 8. The van der Waals surface area contributed by atoms with E-state index in [1.165, 1.54) is 0 Å². The molecule has 5 aliphatic rings. The summed E-state index contributed by atoms with van der Waals surface area (Å²) in [6, 6.07) is 7.69. The van der Waals surface area contributed by atoms with Gasteiger partial charge in [0, 0.05) is 119 Å². The maximum atomic E-state index is 13.5. The van der Waals surface area contributed by atoms with Gasteiger partial charge in [0.15, 0.2) is 0 Å². The van der Waals surface area contributed by atoms with Crippen molar-refractivity contribution in [3.63, 3.8) is 0 Å². The molecule has 92 heavy (non-hydrogen) atoms. The zero-order valence-corrected chi connectivity index (χ0v) is 58.0. The second kappa shape index (κ2) is 32.1. The Hall–Kier alpha value is -5.04. The molecule has 8 bridgehead atoms. The van der Waals surface area contributed by atoms with Gasteiger partial charge in [-0.25, -0.2) is 0 Å². The van der Waals surface area contributed by atoms with Crippen LogP contribution in [0.2, 0.25) is 0 Å². The van der Waals surface area contributed by atoms with E-state index in [0.29, 0.717) is 145 Å². The fourth-order valence-corrected chi connectivity index (χ4v) is 16.0. The van der Waals surface area contributed by atoms with Crippen molar-refractivity contribution in [1.82, 2.24) is 19.6 Å². The van der Waals surface area contributed by atoms with Crippen LogP contribution >= 0.6 is 0 Å². The zero-order valence-electron chi connectivity index (χ0n) is 58.0. The fourth-order valence-electron chi connectivity index (χ4n) is 16.0. The lowest BCUT2D eigenvalue weighted by Gasteiger charge is -2.34. The Bertz CT molecular complexity index is 2570. The van der Waals surface area contributed by atoms with E-state index in [9.17, 15) is 40.9 Å². The SMILES string of the molecule is CCCCCC1c2cc(c(O)c(CN3COC[C@@H]3C(C)C)c2O)C(CCCCC)c2cc(c(O)c(CN3COC[C@@H]3C(C)C)c2O)C(CCCCC)c2cc(c(O)c(CN3COC[C@@H]3C(C)C)c2O)C(CCCCC)c2cc1c(O)c(CN1COC[C@@H]1C(C)C)c2O. The van der Waals surface area contributed by atoms with E-state index in [-0.39, 0.29) is 147 Å². The molecule has 4 aliphatic heterocycles. The van der Waals surface area contributed by atoms with E-state index in [0.717, 1.165) is 51.4 Å². The number of phenols is 8. The van der Waals surface area contributed by atoms with Crippen LogP contribution in [0.4, 0.5) is 0 Å². The molecule has 1 aliphatic carbocycles. The maximum absolute atomic E-state index is 13.5. The van der Waals surface area contributed by atoms with Gasteiger partial charge in [-0.05, 0) is 73.6 Å². The highest BCUT2D eigenvalue weighted by atomic mass is 16.5. The number of phenolic OH excluding ortho intramolecular Hbond substituents is 8. The Morgan fingerprint density at radius 2 is 0.478 bits per heavy atom. The first-order chi connectivity index (χ1) is 44.2. The minimum absolute atomic E-state index is 0.0156. The summed E-state index contributed by atoms with van der Waals surface area (Å²) in [5.41, 5.74) is 5.39. The predicted octanol–water partition coefficient (Wildman–Crippen LogP) is 15.8. The zero-order chi connectivity index (χ0) is 66.2. The van der Waals surface area contributed by atoms with Crippen LogP contribution in [-0.2, 0) is 45.1 Å². The van der Waals surface area contributed by atoms with Gasteiger partial charge in [0.1, 0.15) is 46.0 Å². The topological polar surface area (TPSA) is 212 Å². The third-order valence-corrected chi connectivity index (χ3v) is 21.7. The van der Waals surface area contributed by atoms with E-state index < -0.39 is 23.7 Å². The second-order valence-corrected chi connectivity index (χ2v) is 29.3. The highest BCUT2D eigenvalue weighted by Crippen LogP contribution is 2.57. The fraction of sp³-hybridized carbons (Fsp3) is 0.684. The molecule has 0 radical (unpaired) electrons. The van der Waals surface area contributed by atoms with Gasteiger partial charge >= 0.3 is 0 Å². The van der Waals surface area contributed by atoms with Crippen molar-refractivity contribution in [2.24, 2.45) is 23.7 Å². The highest BCUT2D eigenvalue weighted by molar-refractivity contribution is 5.68. The van der Waals surface area contributed by atoms with Crippen LogP contribution in [0.3, 0.4) is 0 Å². The van der Waals surface area contributed by atoms with E-state index >= 15 is 0 Å². The summed E-state index contributed by atoms with van der Waals surface area (Å²) < 4.78 is 24.7. The summed E-state index contributed by atoms with van der Waals surface area (Å²) in [5, 5.41) is 108. The van der Waals surface area contributed by atoms with E-state index in [2.05, 4.69) is 103 Å². The Labute approximate surface area is 550 Å². The molecule has 4 aromatic rings. The van der Waals surface area contributed by atoms with Crippen molar-refractivity contribution >= 4 is 0 Å². The summed E-state index contributed by atoms with van der Waals surface area (Å²) in [7, 11) is 0. The van der Waals surface area contributed by atoms with Crippen LogP contribution in [0.5, 0.6) is 46.0 Å². The van der Waals surface area contributed by atoms with Gasteiger partial charge < -0.3 is 59.8 Å². The lowest BCUT2D eigenvalue weighted by atomic mass is 9.74. The van der Waals surface area contributed by atoms with Gasteiger partial charge in [0.25, 0.3) is 0 Å². The van der Waals surface area contributed by atoms with Crippen LogP contribution in [0.1, 0.15) is 276 Å². The Balaban J connectivity index is 1.48. The minimum Gasteiger partial charge on any atom is -0.507 e. The Morgan fingerprint density at radius 3 is 0.630 bits per heavy atom. The van der Waals surface area contributed by atoms with Gasteiger partial charge in [-0.2, -0.15) is 0 Å². The summed E-state index contributed by atoms with van der Waals surface area (Å²) in [6.07, 6.45) is 11.8. The maximum Gasteiger partial charge on any atom is 0.127 e. The number of unbranched alkanes of at least 4 members (excludes halogenated alkanes) is 8. The highest BCUT2D eigenvalue weighted by Gasteiger charge is 2.42. The first-order valence-electron chi connectivity index (χ1n) is 35.7. The molecule has 0 saturated carbocycles. The molecular formula is C76H116N4O12. The van der Waals surface area contributed by atoms with Crippen LogP contribution in [-0.4, -0.2) is 138 Å². The van der Waals surface area contributed by atoms with Crippen LogP contribution < -0.4 is 0 Å². The predicted molar refractivity (Wildman–Crippen MR) is 363 cm³/mol. The molecule has 0 amide bonds. The monoisotopic (exact) mass is 1280 g/mol. The molecule has 4 fully saturated rings. The average molecular weight is 1280 g/mol. The summed E-state index contributed by atoms with van der Waals surface area (Å²) >= 11 is 0. The van der Waals surface area contributed by atoms with Crippen molar-refractivity contribution in [1.29, 1.82) is 0 Å². The average Bonchev–Trinajstić information content (AvgIpc) is 1.00. The van der Waals surface area contributed by atoms with Crippen LogP contribution in [0.25, 0.3) is 0 Å². The minimum atomic E-state index is -0.710. The number of rotatable bonds is 28. The lowest BCUT2D eigenvalue weighted by Crippen LogP contribution is -2.35. The third-order valence-electron chi connectivity index (χ3n) is 21.7. The Kier molecular flexibility index (Phi) is 24.9. The number of hydrogen-bond acceptors (Lipinski definition) is 16. The van der Waals surface area contributed by atoms with Gasteiger partial charge in [-0.15, -0.1) is 0 Å². The smallest absolute Gasteiger partial charge is 0.127 e. The van der Waals surface area contributed by atoms with E-state index in [1.807, 2.05) is 24.3 Å². The molecule has 9 rings (SSSR count). The van der Waals surface area contributed by atoms with Crippen LogP contribution in [0.15, 0.2) is 24.3 Å². The van der Waals surface area contributed by atoms with Crippen molar-refractivity contribution in [2.45, 2.75) is 260 Å². The first-order valence-corrected chi connectivity index (χ1v) is 35.7. The standard InChI is InChI=1S/C76H116N4O12/c1-13-17-21-25-49-53-29-55(71(83)61(69(53)81)33-77-41-89-37-65(77)45(5)6)50(26-22-18-14-2)57-31-59(75(87)63(73(57)85)35-79-43-91-39-67(79)47(9)10)52(28-24-20-16-4)60-32-58(74(86)64(76(60)88)36-80-44-92-40-68(80)48(11)12)51(27-23-19-15-3)56-30-54(49)70(82)62(72(56)84)34-78-42-90-38-66(78)46(7)8/h29-32,45-52,65-68,81-88H,13-28,33-44H2,1-12H3/t49?,50?,51?,52?,65-,66-,67-,68-/m1/s1. The normalized spacial score (nSPS) is 23.5. The summed E-state index contributed by atoms with van der Waals surface area (Å²) in [6.45, 7) is 29.6. The molecule has 0 spiro atoms. The quantitative estimate of drug-likeness (QED) is 0.0249. The molecule has 8 N–H and O–H groups in total. The van der Waals surface area contributed by atoms with Crippen LogP contribution in [0, 0.1) is 23.7 Å². The molecule has 4 saturated heterocycles. The molecule has 512 valence electrons. The molecule has 4 aromatic carbocycles. The Morgan fingerprint density at radius 1 is 0.304 bits per heavy atom. The van der Waals surface area contributed by atoms with Crippen molar-refractivity contribution in [2.75, 3.05) is 53.4 Å². The van der Waals surface area contributed by atoms with Crippen molar-refractivity contribution in [3.8, 4) is 46.0 Å². The van der Waals surface area contributed by atoms with Crippen molar-refractivity contribution in [3.05, 3.63) is 91.0 Å². The molecule has 4 heterocycles. The summed E-state index contributed by atoms with van der Waals surface area (Å²) in [5.74, 6) is -2.79. The lowest BCUT2D eigenvalue weighted by molar-refractivity contribution is 0.129. The van der Waals surface area contributed by atoms with Gasteiger partial charge in [0.2, 0.25) is 0 Å². The molecule has 16 heteroatoms. The number of aromatic hydroxyl groups is 8. The van der Waals surface area contributed by atoms with E-state index in [4.69, 9.17) is 18.9 Å². The molecular weight excluding hydrogens is 1160 g/mol. The number of nitrogens with zero attached hydrogens (tertiary/aromatic N) is 4. The largest absolute Gasteiger partial charge is 0.507 e. The molecule has 16 nitrogen and oxygen atoms in total. The third kappa shape index (κ3) is 15.1. The molecule has 4 atom stereocenters. The van der Waals surface area contributed by atoms with E-state index in [1.54, 1.807) is 0 Å². The van der Waals surface area contributed by atoms with Gasteiger partial charge in [-0.1, -0.05) is 160 Å². The first kappa shape index (κ1) is 71.3. The van der Waals surface area contributed by atoms with Gasteiger partial charge in [-0.3, -0.25) is 19.6 Å². The van der Waals surface area contributed by atoms with Gasteiger partial charge in [0.05, 0.1) is 75.6 Å².